The van der Waals surface area contributed by atoms with E-state index in [2.05, 4.69) is 52.1 Å². The average molecular weight is 704 g/mol. The molecule has 14 heteroatoms. The van der Waals surface area contributed by atoms with Crippen LogP contribution in [0.3, 0.4) is 0 Å². The Morgan fingerprint density at radius 3 is 2.46 bits per heavy atom. The number of nitrogens with zero attached hydrogens (tertiary/aromatic N) is 1. The topological polar surface area (TPSA) is 156 Å². The molecule has 0 saturated heterocycles. The summed E-state index contributed by atoms with van der Waals surface area (Å²) in [6.45, 7) is 0.125. The predicted octanol–water partition coefficient (Wildman–Crippen LogP) is 5.95. The van der Waals surface area contributed by atoms with E-state index >= 15 is 0 Å². The number of amides is 1. The Morgan fingerprint density at radius 1 is 1.05 bits per heavy atom. The monoisotopic (exact) mass is 702 g/mol. The summed E-state index contributed by atoms with van der Waals surface area (Å²) in [4.78, 5) is 47.3. The maximum Gasteiger partial charge on any atom is 0.335 e. The van der Waals surface area contributed by atoms with Crippen molar-refractivity contribution in [1.29, 1.82) is 0 Å². The Labute approximate surface area is 252 Å². The second kappa shape index (κ2) is 12.2. The van der Waals surface area contributed by atoms with Gasteiger partial charge in [-0.2, -0.15) is 0 Å². The van der Waals surface area contributed by atoms with Gasteiger partial charge in [-0.05, 0) is 67.8 Å². The molecule has 3 aromatic heterocycles. The molecular weight excluding hydrogens is 684 g/mol. The number of thiazole rings is 1. The number of H-pyrrole nitrogens is 2. The van der Waals surface area contributed by atoms with E-state index < -0.39 is 11.9 Å². The SMILES string of the molecule is COc1ccc(COc2c[nH]c(COc3cc(C(=O)O)cc4sc(NC(=O)c5cc(Br)c(Br)[nH]5)nc34)cc2=O)cc1. The number of benzene rings is 2. The molecule has 0 aliphatic heterocycles. The largest absolute Gasteiger partial charge is 0.497 e. The highest BCUT2D eigenvalue weighted by molar-refractivity contribution is 9.13. The first-order valence-corrected chi connectivity index (χ1v) is 14.2. The van der Waals surface area contributed by atoms with Crippen LogP contribution in [-0.4, -0.2) is 39.0 Å². The second-order valence-corrected chi connectivity index (χ2v) is 11.2. The fraction of sp³-hybridized carbons (Fsp3) is 0.111. The molecule has 0 atom stereocenters. The number of ether oxygens (including phenoxy) is 3. The summed E-state index contributed by atoms with van der Waals surface area (Å²) in [5.41, 5.74) is 1.61. The molecule has 0 fully saturated rings. The molecule has 3 heterocycles. The lowest BCUT2D eigenvalue weighted by Gasteiger charge is -2.10. The van der Waals surface area contributed by atoms with E-state index in [-0.39, 0.29) is 40.8 Å². The van der Waals surface area contributed by atoms with Gasteiger partial charge in [-0.25, -0.2) is 9.78 Å². The van der Waals surface area contributed by atoms with E-state index in [1.54, 1.807) is 25.3 Å². The van der Waals surface area contributed by atoms with Crippen LogP contribution in [0.1, 0.15) is 32.1 Å². The molecule has 1 amide bonds. The van der Waals surface area contributed by atoms with Crippen molar-refractivity contribution < 1.29 is 28.9 Å². The van der Waals surface area contributed by atoms with E-state index in [9.17, 15) is 19.5 Å². The maximum absolute atomic E-state index is 12.6. The van der Waals surface area contributed by atoms with Crippen LogP contribution in [-0.2, 0) is 13.2 Å². The number of rotatable bonds is 10. The smallest absolute Gasteiger partial charge is 0.335 e. The zero-order valence-electron chi connectivity index (χ0n) is 21.1. The van der Waals surface area contributed by atoms with Gasteiger partial charge in [0.05, 0.1) is 32.1 Å². The Balaban J connectivity index is 1.31. The van der Waals surface area contributed by atoms with Gasteiger partial charge in [-0.3, -0.25) is 14.9 Å². The fourth-order valence-corrected chi connectivity index (χ4v) is 5.29. The number of methoxy groups -OCH3 is 1. The minimum absolute atomic E-state index is 0.0120. The number of fused-ring (bicyclic) bond motifs is 1. The number of aromatic amines is 2. The number of carboxylic acids is 1. The molecule has 0 spiro atoms. The molecule has 41 heavy (non-hydrogen) atoms. The Kier molecular flexibility index (Phi) is 8.42. The lowest BCUT2D eigenvalue weighted by Crippen LogP contribution is -2.12. The van der Waals surface area contributed by atoms with E-state index in [4.69, 9.17) is 14.2 Å². The first-order chi connectivity index (χ1) is 19.7. The van der Waals surface area contributed by atoms with E-state index in [0.29, 0.717) is 30.7 Å². The van der Waals surface area contributed by atoms with Crippen LogP contribution in [0.2, 0.25) is 0 Å². The number of hydrogen-bond acceptors (Lipinski definition) is 8. The molecule has 5 aromatic rings. The number of aromatic carboxylic acids is 1. The minimum atomic E-state index is -1.15. The lowest BCUT2D eigenvalue weighted by atomic mass is 10.2. The number of nitrogens with one attached hydrogen (secondary N) is 3. The van der Waals surface area contributed by atoms with Crippen LogP contribution in [0, 0.1) is 0 Å². The Bertz CT molecular complexity index is 1800. The molecule has 0 aliphatic rings. The van der Waals surface area contributed by atoms with E-state index in [1.807, 2.05) is 12.1 Å². The van der Waals surface area contributed by atoms with Crippen LogP contribution in [0.5, 0.6) is 17.2 Å². The molecule has 0 saturated carbocycles. The Hall–Kier alpha value is -4.14. The average Bonchev–Trinajstić information content (AvgIpc) is 3.53. The van der Waals surface area contributed by atoms with Crippen molar-refractivity contribution in [2.45, 2.75) is 13.2 Å². The molecule has 4 N–H and O–H groups in total. The van der Waals surface area contributed by atoms with Gasteiger partial charge in [0.2, 0.25) is 5.43 Å². The summed E-state index contributed by atoms with van der Waals surface area (Å²) in [7, 11) is 1.58. The number of carbonyl (C=O) groups excluding carboxylic acids is 1. The quantitative estimate of drug-likeness (QED) is 0.139. The van der Waals surface area contributed by atoms with Crippen molar-refractivity contribution in [2.75, 3.05) is 12.4 Å². The van der Waals surface area contributed by atoms with Gasteiger partial charge in [0.15, 0.2) is 10.9 Å². The standard InChI is InChI=1S/C27H20Br2N4O7S/c1-38-16-4-2-13(3-5-16)11-39-21-10-30-15(8-19(21)34)12-40-20-6-14(26(36)37)7-22-23(20)32-27(41-22)33-25(35)18-9-17(28)24(29)31-18/h2-10,31H,11-12H2,1H3,(H,30,34)(H,36,37)(H,32,33,35). The van der Waals surface area contributed by atoms with Gasteiger partial charge in [0.25, 0.3) is 5.91 Å². The van der Waals surface area contributed by atoms with E-state index in [1.165, 1.54) is 24.4 Å². The third-order valence-electron chi connectivity index (χ3n) is 5.77. The summed E-state index contributed by atoms with van der Waals surface area (Å²) >= 11 is 7.72. The van der Waals surface area contributed by atoms with Gasteiger partial charge in [-0.1, -0.05) is 23.5 Å². The molecule has 5 rings (SSSR count). The third-order valence-corrected chi connectivity index (χ3v) is 8.47. The number of carbonyl (C=O) groups is 2. The van der Waals surface area contributed by atoms with Crippen molar-refractivity contribution in [2.24, 2.45) is 0 Å². The van der Waals surface area contributed by atoms with Gasteiger partial charge in [0.1, 0.15) is 35.9 Å². The fourth-order valence-electron chi connectivity index (χ4n) is 3.71. The highest BCUT2D eigenvalue weighted by Crippen LogP contribution is 2.35. The molecule has 11 nitrogen and oxygen atoms in total. The van der Waals surface area contributed by atoms with Gasteiger partial charge in [-0.15, -0.1) is 0 Å². The number of anilines is 1. The number of carboxylic acid groups (broad SMARTS) is 1. The van der Waals surface area contributed by atoms with Crippen molar-refractivity contribution >= 4 is 70.4 Å². The predicted molar refractivity (Wildman–Crippen MR) is 159 cm³/mol. The maximum atomic E-state index is 12.6. The number of hydrogen-bond donors (Lipinski definition) is 4. The zero-order chi connectivity index (χ0) is 29.1. The number of pyridine rings is 1. The molecule has 0 unspecified atom stereocenters. The molecule has 0 radical (unpaired) electrons. The third kappa shape index (κ3) is 6.61. The second-order valence-electron chi connectivity index (χ2n) is 8.56. The first kappa shape index (κ1) is 28.4. The van der Waals surface area contributed by atoms with Crippen LogP contribution in [0.25, 0.3) is 10.2 Å². The van der Waals surface area contributed by atoms with Crippen LogP contribution in [0.4, 0.5) is 5.13 Å². The van der Waals surface area contributed by atoms with Gasteiger partial charge >= 0.3 is 5.97 Å². The van der Waals surface area contributed by atoms with E-state index in [0.717, 1.165) is 22.6 Å². The summed E-state index contributed by atoms with van der Waals surface area (Å²) < 4.78 is 18.5. The zero-order valence-corrected chi connectivity index (χ0v) is 25.1. The molecular formula is C27H20Br2N4O7S. The van der Waals surface area contributed by atoms with Crippen LogP contribution < -0.4 is 25.0 Å². The molecule has 210 valence electrons. The highest BCUT2D eigenvalue weighted by atomic mass is 79.9. The van der Waals surface area contributed by atoms with Crippen LogP contribution in [0.15, 0.2) is 68.6 Å². The lowest BCUT2D eigenvalue weighted by molar-refractivity contribution is 0.0696. The summed E-state index contributed by atoms with van der Waals surface area (Å²) in [6, 6.07) is 13.1. The number of halogens is 2. The molecule has 0 bridgehead atoms. The molecule has 0 aliphatic carbocycles. The van der Waals surface area contributed by atoms with Crippen molar-refractivity contribution in [3.05, 3.63) is 96.5 Å². The van der Waals surface area contributed by atoms with Crippen molar-refractivity contribution in [1.82, 2.24) is 15.0 Å². The Morgan fingerprint density at radius 2 is 1.80 bits per heavy atom. The van der Waals surface area contributed by atoms with Crippen molar-refractivity contribution in [3.63, 3.8) is 0 Å². The normalized spacial score (nSPS) is 10.9. The van der Waals surface area contributed by atoms with Crippen molar-refractivity contribution in [3.8, 4) is 17.2 Å². The van der Waals surface area contributed by atoms with Gasteiger partial charge < -0.3 is 29.3 Å². The minimum Gasteiger partial charge on any atom is -0.497 e. The molecule has 2 aromatic carbocycles. The summed E-state index contributed by atoms with van der Waals surface area (Å²) in [6.07, 6.45) is 1.45. The van der Waals surface area contributed by atoms with Crippen LogP contribution >= 0.6 is 43.2 Å². The highest BCUT2D eigenvalue weighted by Gasteiger charge is 2.18. The number of aromatic nitrogens is 3. The summed E-state index contributed by atoms with van der Waals surface area (Å²) in [5.74, 6) is -0.533. The summed E-state index contributed by atoms with van der Waals surface area (Å²) in [5, 5.41) is 12.5. The van der Waals surface area contributed by atoms with Gasteiger partial charge in [0, 0.05) is 12.3 Å². The first-order valence-electron chi connectivity index (χ1n) is 11.8.